The number of rotatable bonds is 9. The van der Waals surface area contributed by atoms with Crippen LogP contribution in [0.1, 0.15) is 87.0 Å². The van der Waals surface area contributed by atoms with Crippen LogP contribution >= 0.6 is 0 Å². The number of allylic oxidation sites excluding steroid dienone is 4. The Bertz CT molecular complexity index is 1360. The van der Waals surface area contributed by atoms with Crippen LogP contribution in [0.2, 0.25) is 0 Å². The van der Waals surface area contributed by atoms with Gasteiger partial charge in [0, 0.05) is 29.8 Å². The maximum absolute atomic E-state index is 13.9. The first-order valence-electron chi connectivity index (χ1n) is 13.0. The lowest BCUT2D eigenvalue weighted by Gasteiger charge is -2.29. The molecule has 0 bridgehead atoms. The van der Waals surface area contributed by atoms with Crippen molar-refractivity contribution in [3.63, 3.8) is 0 Å². The van der Waals surface area contributed by atoms with Gasteiger partial charge in [-0.1, -0.05) is 20.3 Å². The minimum atomic E-state index is -1.53. The molecule has 0 spiro atoms. The molecule has 2 heterocycles. The van der Waals surface area contributed by atoms with Crippen LogP contribution < -0.4 is 10.1 Å². The highest BCUT2D eigenvalue weighted by atomic mass is 16.5. The van der Waals surface area contributed by atoms with Crippen molar-refractivity contribution in [3.05, 3.63) is 64.0 Å². The number of aromatic hydroxyl groups is 2. The zero-order chi connectivity index (χ0) is 27.9. The molecule has 0 amide bonds. The van der Waals surface area contributed by atoms with Gasteiger partial charge in [0.1, 0.15) is 39.7 Å². The van der Waals surface area contributed by atoms with Gasteiger partial charge < -0.3 is 24.7 Å². The number of hydrogen-bond donors (Lipinski definition) is 3. The molecule has 0 saturated heterocycles. The summed E-state index contributed by atoms with van der Waals surface area (Å²) in [5.74, 6) is -0.690. The van der Waals surface area contributed by atoms with E-state index in [2.05, 4.69) is 19.2 Å². The number of phenolic OH excluding ortho intramolecular Hbond substituents is 2. The molecule has 1 aliphatic carbocycles. The first-order chi connectivity index (χ1) is 17.9. The van der Waals surface area contributed by atoms with Crippen LogP contribution in [0.25, 0.3) is 0 Å². The van der Waals surface area contributed by atoms with Crippen LogP contribution in [0.15, 0.2) is 45.9 Å². The summed E-state index contributed by atoms with van der Waals surface area (Å²) in [5, 5.41) is 24.7. The van der Waals surface area contributed by atoms with E-state index < -0.39 is 28.5 Å². The average Bonchev–Trinajstić information content (AvgIpc) is 3.47. The van der Waals surface area contributed by atoms with Crippen LogP contribution in [-0.4, -0.2) is 34.1 Å². The lowest BCUT2D eigenvalue weighted by Crippen LogP contribution is -2.41. The predicted molar refractivity (Wildman–Crippen MR) is 141 cm³/mol. The van der Waals surface area contributed by atoms with Gasteiger partial charge in [-0.15, -0.1) is 0 Å². The van der Waals surface area contributed by atoms with Gasteiger partial charge in [-0.05, 0) is 58.6 Å². The van der Waals surface area contributed by atoms with Gasteiger partial charge in [0.25, 0.3) is 0 Å². The summed E-state index contributed by atoms with van der Waals surface area (Å²) in [6.45, 7) is 10.8. The second-order valence-corrected chi connectivity index (χ2v) is 10.8. The Hall–Kier alpha value is -3.81. The first-order valence-corrected chi connectivity index (χ1v) is 13.0. The number of carbonyl (C=O) groups is 3. The van der Waals surface area contributed by atoms with Crippen molar-refractivity contribution in [2.75, 3.05) is 6.54 Å². The van der Waals surface area contributed by atoms with E-state index in [1.807, 2.05) is 12.1 Å². The maximum atomic E-state index is 13.9. The number of furan rings is 1. The second-order valence-electron chi connectivity index (χ2n) is 10.8. The molecular weight excluding hydrogens is 486 g/mol. The molecule has 202 valence electrons. The summed E-state index contributed by atoms with van der Waals surface area (Å²) in [6.07, 6.45) is 5.65. The van der Waals surface area contributed by atoms with E-state index in [0.717, 1.165) is 25.0 Å². The van der Waals surface area contributed by atoms with Crippen molar-refractivity contribution < 1.29 is 33.8 Å². The summed E-state index contributed by atoms with van der Waals surface area (Å²) in [4.78, 5) is 39.4. The number of carbonyl (C=O) groups excluding carboxylic acids is 3. The minimum Gasteiger partial charge on any atom is -0.507 e. The number of phenols is 2. The summed E-state index contributed by atoms with van der Waals surface area (Å²) in [6, 6.07) is 3.84. The first kappa shape index (κ1) is 27.2. The highest BCUT2D eigenvalue weighted by Crippen LogP contribution is 2.57. The molecule has 38 heavy (non-hydrogen) atoms. The van der Waals surface area contributed by atoms with Gasteiger partial charge >= 0.3 is 0 Å². The van der Waals surface area contributed by atoms with Crippen molar-refractivity contribution in [2.24, 2.45) is 5.92 Å². The van der Waals surface area contributed by atoms with Gasteiger partial charge in [-0.3, -0.25) is 14.4 Å². The summed E-state index contributed by atoms with van der Waals surface area (Å²) in [7, 11) is 0. The molecule has 0 fully saturated rings. The predicted octanol–water partition coefficient (Wildman–Crippen LogP) is 5.36. The van der Waals surface area contributed by atoms with E-state index in [9.17, 15) is 24.6 Å². The topological polar surface area (TPSA) is 126 Å². The molecule has 4 rings (SSSR count). The number of ether oxygens (including phenoxy) is 1. The third kappa shape index (κ3) is 4.42. The minimum absolute atomic E-state index is 0.0217. The molecular formula is C30H35NO7. The Labute approximate surface area is 222 Å². The lowest BCUT2D eigenvalue weighted by atomic mass is 9.70. The van der Waals surface area contributed by atoms with E-state index in [1.165, 1.54) is 19.9 Å². The Balaban J connectivity index is 1.65. The van der Waals surface area contributed by atoms with E-state index >= 15 is 0 Å². The summed E-state index contributed by atoms with van der Waals surface area (Å²) >= 11 is 0. The molecule has 1 aliphatic heterocycles. The molecule has 2 aliphatic rings. The van der Waals surface area contributed by atoms with Crippen LogP contribution in [0.5, 0.6) is 17.2 Å². The Kier molecular flexibility index (Phi) is 7.28. The van der Waals surface area contributed by atoms with Gasteiger partial charge in [-0.2, -0.15) is 0 Å². The molecule has 2 atom stereocenters. The van der Waals surface area contributed by atoms with Crippen LogP contribution in [0.4, 0.5) is 0 Å². The van der Waals surface area contributed by atoms with Crippen molar-refractivity contribution in [3.8, 4) is 17.2 Å². The lowest BCUT2D eigenvalue weighted by molar-refractivity contribution is -0.123. The van der Waals surface area contributed by atoms with E-state index in [4.69, 9.17) is 9.15 Å². The highest BCUT2D eigenvalue weighted by molar-refractivity contribution is 6.31. The molecule has 1 aromatic carbocycles. The van der Waals surface area contributed by atoms with Crippen molar-refractivity contribution in [2.45, 2.75) is 72.1 Å². The standard InChI is InChI=1S/C30H35NO7/c1-15(2)9-10-19(21-8-7-13-37-21)11-12-31-17(4)23-20(33)14-22-30(6,29(23)36)25-27(35)16(3)26(34)24(18(5)32)28(25)38-22/h7-8,13-15,19,31,34-35H,9-12H2,1-6H3/b23-17+/t19?,30-/m0/s1. The van der Waals surface area contributed by atoms with Crippen molar-refractivity contribution in [1.82, 2.24) is 5.32 Å². The number of Topliss-reactive ketones (excluding diaryl/α,β-unsaturated/α-hetero) is 2. The molecule has 8 nitrogen and oxygen atoms in total. The summed E-state index contributed by atoms with van der Waals surface area (Å²) < 4.78 is 11.5. The number of fused-ring (bicyclic) bond motifs is 3. The Morgan fingerprint density at radius 3 is 2.42 bits per heavy atom. The third-order valence-electron chi connectivity index (χ3n) is 7.68. The zero-order valence-electron chi connectivity index (χ0n) is 22.7. The third-order valence-corrected chi connectivity index (χ3v) is 7.68. The van der Waals surface area contributed by atoms with Crippen LogP contribution in [0.3, 0.4) is 0 Å². The van der Waals surface area contributed by atoms with Crippen molar-refractivity contribution in [1.29, 1.82) is 0 Å². The van der Waals surface area contributed by atoms with Gasteiger partial charge in [0.05, 0.1) is 17.4 Å². The smallest absolute Gasteiger partial charge is 0.194 e. The van der Waals surface area contributed by atoms with Gasteiger partial charge in [0.2, 0.25) is 0 Å². The van der Waals surface area contributed by atoms with Gasteiger partial charge in [-0.25, -0.2) is 0 Å². The Morgan fingerprint density at radius 2 is 1.82 bits per heavy atom. The fourth-order valence-corrected chi connectivity index (χ4v) is 5.37. The monoisotopic (exact) mass is 521 g/mol. The Morgan fingerprint density at radius 1 is 1.11 bits per heavy atom. The van der Waals surface area contributed by atoms with E-state index in [1.54, 1.807) is 20.1 Å². The molecule has 1 unspecified atom stereocenters. The van der Waals surface area contributed by atoms with Crippen LogP contribution in [-0.2, 0) is 15.0 Å². The molecule has 3 N–H and O–H groups in total. The molecule has 0 saturated carbocycles. The van der Waals surface area contributed by atoms with Crippen molar-refractivity contribution >= 4 is 17.3 Å². The number of benzene rings is 1. The van der Waals surface area contributed by atoms with E-state index in [0.29, 0.717) is 18.2 Å². The maximum Gasteiger partial charge on any atom is 0.194 e. The highest BCUT2D eigenvalue weighted by Gasteiger charge is 2.56. The fourth-order valence-electron chi connectivity index (χ4n) is 5.37. The number of ketones is 3. The molecule has 8 heteroatoms. The van der Waals surface area contributed by atoms with Gasteiger partial charge in [0.15, 0.2) is 17.3 Å². The zero-order valence-corrected chi connectivity index (χ0v) is 22.7. The average molecular weight is 522 g/mol. The second kappa shape index (κ2) is 10.2. The van der Waals surface area contributed by atoms with Crippen LogP contribution in [0, 0.1) is 12.8 Å². The molecule has 2 aromatic rings. The quantitative estimate of drug-likeness (QED) is 0.229. The number of nitrogens with one attached hydrogen (secondary N) is 1. The molecule has 1 aromatic heterocycles. The van der Waals surface area contributed by atoms with E-state index in [-0.39, 0.29) is 45.4 Å². The summed E-state index contributed by atoms with van der Waals surface area (Å²) in [5.41, 5.74) is -1.11. The SMILES string of the molecule is CC(=O)c1c(O)c(C)c(O)c2c1OC1=CC(=O)/C(=C(/C)NCCC(CCC(C)C)c3ccco3)C(=O)[C@@]12C. The fraction of sp³-hybridized carbons (Fsp3) is 0.433. The number of hydrogen-bond acceptors (Lipinski definition) is 8. The normalized spacial score (nSPS) is 20.6. The largest absolute Gasteiger partial charge is 0.507 e. The molecule has 0 radical (unpaired) electrons.